The molecule has 146 valence electrons. The number of hydrogen-bond donors (Lipinski definition) is 1. The summed E-state index contributed by atoms with van der Waals surface area (Å²) in [4.78, 5) is 0. The average Bonchev–Trinajstić information content (AvgIpc) is 3.33. The first-order valence-electron chi connectivity index (χ1n) is 9.09. The van der Waals surface area contributed by atoms with Crippen LogP contribution in [0, 0.1) is 6.92 Å². The van der Waals surface area contributed by atoms with Crippen LogP contribution >= 0.6 is 0 Å². The number of fused-ring (bicyclic) bond motifs is 3. The van der Waals surface area contributed by atoms with Crippen molar-refractivity contribution in [1.82, 2.24) is 9.78 Å². The second-order valence-corrected chi connectivity index (χ2v) is 6.99. The van der Waals surface area contributed by atoms with Gasteiger partial charge in [0.1, 0.15) is 11.5 Å². The van der Waals surface area contributed by atoms with E-state index in [1.165, 1.54) is 6.07 Å². The van der Waals surface area contributed by atoms with Crippen LogP contribution in [-0.4, -0.2) is 9.78 Å². The van der Waals surface area contributed by atoms with Gasteiger partial charge in [-0.2, -0.15) is 18.3 Å². The molecule has 3 heterocycles. The minimum atomic E-state index is -4.40. The van der Waals surface area contributed by atoms with Crippen molar-refractivity contribution in [1.29, 1.82) is 0 Å². The number of nitrogens with zero attached hydrogens (tertiary/aromatic N) is 2. The van der Waals surface area contributed by atoms with Crippen molar-refractivity contribution in [3.8, 4) is 22.6 Å². The van der Waals surface area contributed by atoms with Gasteiger partial charge in [-0.1, -0.05) is 30.3 Å². The lowest BCUT2D eigenvalue weighted by molar-refractivity contribution is -0.137. The third kappa shape index (κ3) is 2.99. The van der Waals surface area contributed by atoms with Crippen molar-refractivity contribution in [3.05, 3.63) is 83.7 Å². The molecule has 5 rings (SSSR count). The number of hydrogen-bond acceptors (Lipinski definition) is 3. The summed E-state index contributed by atoms with van der Waals surface area (Å²) >= 11 is 0. The van der Waals surface area contributed by atoms with Crippen LogP contribution in [-0.2, 0) is 6.18 Å². The maximum Gasteiger partial charge on any atom is 0.416 e. The Bertz CT molecular complexity index is 1210. The largest absolute Gasteiger partial charge is 0.457 e. The highest BCUT2D eigenvalue weighted by molar-refractivity contribution is 5.78. The maximum atomic E-state index is 13.0. The Balaban J connectivity index is 1.55. The first-order valence-corrected chi connectivity index (χ1v) is 9.09. The van der Waals surface area contributed by atoms with Crippen molar-refractivity contribution in [3.63, 3.8) is 0 Å². The molecule has 7 heteroatoms. The summed E-state index contributed by atoms with van der Waals surface area (Å²) in [7, 11) is 0. The molecule has 29 heavy (non-hydrogen) atoms. The molecular formula is C22H16F3N3O. The fourth-order valence-electron chi connectivity index (χ4n) is 3.65. The monoisotopic (exact) mass is 395 g/mol. The SMILES string of the molecule is Cc1cc2n(n1)C(c1ccc(-c3cccc(C(F)(F)F)c3)o1)Nc1ccccc1-2. The normalized spacial score (nSPS) is 15.5. The Kier molecular flexibility index (Phi) is 3.81. The van der Waals surface area contributed by atoms with Crippen LogP contribution in [0.15, 0.2) is 71.1 Å². The molecule has 1 unspecified atom stereocenters. The van der Waals surface area contributed by atoms with Crippen LogP contribution in [0.2, 0.25) is 0 Å². The van der Waals surface area contributed by atoms with Crippen LogP contribution in [0.25, 0.3) is 22.6 Å². The smallest absolute Gasteiger partial charge is 0.416 e. The zero-order chi connectivity index (χ0) is 20.2. The first kappa shape index (κ1) is 17.6. The van der Waals surface area contributed by atoms with E-state index in [-0.39, 0.29) is 0 Å². The van der Waals surface area contributed by atoms with Gasteiger partial charge in [0, 0.05) is 16.8 Å². The summed E-state index contributed by atoms with van der Waals surface area (Å²) in [5.74, 6) is 0.938. The standard InChI is InChI=1S/C22H16F3N3O/c1-13-11-18-16-7-2-3-8-17(16)26-21(28(18)27-13)20-10-9-19(29-20)14-5-4-6-15(12-14)22(23,24)25/h2-12,21,26H,1H3. The highest BCUT2D eigenvalue weighted by Crippen LogP contribution is 2.40. The molecule has 1 N–H and O–H groups in total. The number of nitrogens with one attached hydrogen (secondary N) is 1. The molecule has 0 amide bonds. The quantitative estimate of drug-likeness (QED) is 0.445. The fourth-order valence-corrected chi connectivity index (χ4v) is 3.65. The van der Waals surface area contributed by atoms with Gasteiger partial charge in [-0.15, -0.1) is 0 Å². The van der Waals surface area contributed by atoms with E-state index >= 15 is 0 Å². The number of alkyl halides is 3. The maximum absolute atomic E-state index is 13.0. The minimum absolute atomic E-state index is 0.372. The molecular weight excluding hydrogens is 379 g/mol. The van der Waals surface area contributed by atoms with Crippen LogP contribution in [0.1, 0.15) is 23.2 Å². The molecule has 0 radical (unpaired) electrons. The van der Waals surface area contributed by atoms with E-state index in [1.54, 1.807) is 18.2 Å². The zero-order valence-electron chi connectivity index (χ0n) is 15.4. The number of benzene rings is 2. The van der Waals surface area contributed by atoms with Gasteiger partial charge in [0.25, 0.3) is 0 Å². The Morgan fingerprint density at radius 2 is 1.83 bits per heavy atom. The molecule has 0 saturated carbocycles. The summed E-state index contributed by atoms with van der Waals surface area (Å²) in [5, 5.41) is 7.99. The van der Waals surface area contributed by atoms with Gasteiger partial charge in [0.15, 0.2) is 6.17 Å². The van der Waals surface area contributed by atoms with Gasteiger partial charge in [0.05, 0.1) is 17.0 Å². The van der Waals surface area contributed by atoms with Crippen molar-refractivity contribution in [2.24, 2.45) is 0 Å². The van der Waals surface area contributed by atoms with Gasteiger partial charge < -0.3 is 9.73 Å². The topological polar surface area (TPSA) is 43.0 Å². The Labute approximate surface area is 164 Å². The van der Waals surface area contributed by atoms with Crippen LogP contribution in [0.3, 0.4) is 0 Å². The van der Waals surface area contributed by atoms with Gasteiger partial charge in [-0.05, 0) is 43.3 Å². The van der Waals surface area contributed by atoms with E-state index < -0.39 is 17.9 Å². The lowest BCUT2D eigenvalue weighted by Crippen LogP contribution is -2.25. The first-order chi connectivity index (χ1) is 13.9. The van der Waals surface area contributed by atoms with E-state index in [9.17, 15) is 13.2 Å². The summed E-state index contributed by atoms with van der Waals surface area (Å²) in [6.45, 7) is 1.92. The predicted molar refractivity (Wildman–Crippen MR) is 103 cm³/mol. The molecule has 0 bridgehead atoms. The number of aromatic nitrogens is 2. The average molecular weight is 395 g/mol. The summed E-state index contributed by atoms with van der Waals surface area (Å²) in [6.07, 6.45) is -4.80. The van der Waals surface area contributed by atoms with Gasteiger partial charge in [0.2, 0.25) is 0 Å². The highest BCUT2D eigenvalue weighted by atomic mass is 19.4. The van der Waals surface area contributed by atoms with Crippen molar-refractivity contribution in [2.45, 2.75) is 19.3 Å². The summed E-state index contributed by atoms with van der Waals surface area (Å²) in [5.41, 5.74) is 3.48. The number of rotatable bonds is 2. The molecule has 0 fully saturated rings. The predicted octanol–water partition coefficient (Wildman–Crippen LogP) is 6.11. The third-order valence-electron chi connectivity index (χ3n) is 4.97. The van der Waals surface area contributed by atoms with E-state index in [0.29, 0.717) is 17.1 Å². The zero-order valence-corrected chi connectivity index (χ0v) is 15.4. The molecule has 1 atom stereocenters. The summed E-state index contributed by atoms with van der Waals surface area (Å²) < 4.78 is 46.9. The number of anilines is 1. The lowest BCUT2D eigenvalue weighted by Gasteiger charge is -2.27. The Hall–Kier alpha value is -3.48. The molecule has 2 aromatic carbocycles. The molecule has 1 aliphatic heterocycles. The van der Waals surface area contributed by atoms with Gasteiger partial charge in [-0.25, -0.2) is 4.68 Å². The van der Waals surface area contributed by atoms with E-state index in [4.69, 9.17) is 4.42 Å². The third-order valence-corrected chi connectivity index (χ3v) is 4.97. The Morgan fingerprint density at radius 1 is 1.00 bits per heavy atom. The molecule has 1 aliphatic rings. The number of halogens is 3. The lowest BCUT2D eigenvalue weighted by atomic mass is 10.1. The van der Waals surface area contributed by atoms with E-state index in [1.807, 2.05) is 41.9 Å². The van der Waals surface area contributed by atoms with Gasteiger partial charge >= 0.3 is 6.18 Å². The minimum Gasteiger partial charge on any atom is -0.457 e. The van der Waals surface area contributed by atoms with Crippen molar-refractivity contribution < 1.29 is 17.6 Å². The molecule has 0 saturated heterocycles. The van der Waals surface area contributed by atoms with Crippen LogP contribution in [0.4, 0.5) is 18.9 Å². The van der Waals surface area contributed by atoms with Crippen molar-refractivity contribution in [2.75, 3.05) is 5.32 Å². The van der Waals surface area contributed by atoms with Gasteiger partial charge in [-0.3, -0.25) is 0 Å². The molecule has 4 aromatic rings. The highest BCUT2D eigenvalue weighted by Gasteiger charge is 2.31. The number of furan rings is 1. The molecule has 0 spiro atoms. The summed E-state index contributed by atoms with van der Waals surface area (Å²) in [6, 6.07) is 18.5. The number of aryl methyl sites for hydroxylation is 1. The fraction of sp³-hybridized carbons (Fsp3) is 0.136. The molecule has 0 aliphatic carbocycles. The number of para-hydroxylation sites is 1. The second kappa shape index (κ2) is 6.27. The molecule has 2 aromatic heterocycles. The van der Waals surface area contributed by atoms with E-state index in [2.05, 4.69) is 10.4 Å². The van der Waals surface area contributed by atoms with E-state index in [0.717, 1.165) is 34.8 Å². The molecule has 4 nitrogen and oxygen atoms in total. The Morgan fingerprint density at radius 3 is 2.66 bits per heavy atom. The van der Waals surface area contributed by atoms with Crippen molar-refractivity contribution >= 4 is 5.69 Å². The van der Waals surface area contributed by atoms with Crippen LogP contribution < -0.4 is 5.32 Å². The second-order valence-electron chi connectivity index (χ2n) is 6.99. The van der Waals surface area contributed by atoms with Crippen LogP contribution in [0.5, 0.6) is 0 Å².